The fourth-order valence-electron chi connectivity index (χ4n) is 1.94. The minimum absolute atomic E-state index is 0.0863. The second-order valence-electron chi connectivity index (χ2n) is 4.78. The van der Waals surface area contributed by atoms with Crippen LogP contribution in [0.5, 0.6) is 0 Å². The van der Waals surface area contributed by atoms with Crippen LogP contribution in [0.15, 0.2) is 12.2 Å². The van der Waals surface area contributed by atoms with Crippen molar-refractivity contribution in [1.82, 2.24) is 20.6 Å². The summed E-state index contributed by atoms with van der Waals surface area (Å²) in [6.07, 6.45) is 2.20. The van der Waals surface area contributed by atoms with Gasteiger partial charge in [0.15, 0.2) is 0 Å². The average molecular weight is 374 g/mol. The predicted octanol–water partition coefficient (Wildman–Crippen LogP) is -1.54. The molecule has 1 aliphatic heterocycles. The Labute approximate surface area is 143 Å². The smallest absolute Gasteiger partial charge is 0.253 e. The second kappa shape index (κ2) is 10.1. The Hall–Kier alpha value is -1.85. The molecule has 1 aliphatic rings. The van der Waals surface area contributed by atoms with Gasteiger partial charge in [-0.05, 0) is 15.4 Å². The van der Waals surface area contributed by atoms with E-state index < -0.39 is 29.7 Å². The van der Waals surface area contributed by atoms with Crippen molar-refractivity contribution in [2.75, 3.05) is 19.5 Å². The van der Waals surface area contributed by atoms with Gasteiger partial charge in [-0.2, -0.15) is 0 Å². The van der Waals surface area contributed by atoms with Gasteiger partial charge in [0.1, 0.15) is 6.04 Å². The molecule has 0 saturated carbocycles. The second-order valence-corrected chi connectivity index (χ2v) is 5.94. The third-order valence-electron chi connectivity index (χ3n) is 3.04. The molecule has 0 radical (unpaired) electrons. The van der Waals surface area contributed by atoms with E-state index in [1.165, 1.54) is 0 Å². The van der Waals surface area contributed by atoms with Gasteiger partial charge in [-0.1, -0.05) is 0 Å². The first-order chi connectivity index (χ1) is 11.4. The van der Waals surface area contributed by atoms with Gasteiger partial charge in [-0.3, -0.25) is 28.9 Å². The number of nitrogens with one attached hydrogen (secondary N) is 3. The van der Waals surface area contributed by atoms with Crippen LogP contribution < -0.4 is 15.7 Å². The lowest BCUT2D eigenvalue weighted by Crippen LogP contribution is -2.49. The molecule has 1 heterocycles. The minimum Gasteiger partial charge on any atom is -0.351 e. The first kappa shape index (κ1) is 20.2. The van der Waals surface area contributed by atoms with Crippen molar-refractivity contribution in [1.29, 1.82) is 0 Å². The maximum atomic E-state index is 12.0. The van der Waals surface area contributed by atoms with Crippen molar-refractivity contribution in [3.63, 3.8) is 0 Å². The summed E-state index contributed by atoms with van der Waals surface area (Å²) in [5, 5.41) is 7.55. The molecule has 9 nitrogen and oxygen atoms in total. The Morgan fingerprint density at radius 3 is 2.38 bits per heavy atom. The van der Waals surface area contributed by atoms with Crippen molar-refractivity contribution >= 4 is 47.5 Å². The molecule has 3 N–H and O–H groups in total. The zero-order valence-corrected chi connectivity index (χ0v) is 15.3. The van der Waals surface area contributed by atoms with Crippen LogP contribution in [0.25, 0.3) is 0 Å². The summed E-state index contributed by atoms with van der Waals surface area (Å²) >= 11 is 0. The van der Waals surface area contributed by atoms with Gasteiger partial charge in [0.05, 0.1) is 6.42 Å². The zero-order chi connectivity index (χ0) is 18.1. The third kappa shape index (κ3) is 6.34. The van der Waals surface area contributed by atoms with Crippen molar-refractivity contribution < 1.29 is 24.0 Å². The van der Waals surface area contributed by atoms with E-state index in [4.69, 9.17) is 0 Å². The maximum absolute atomic E-state index is 12.0. The summed E-state index contributed by atoms with van der Waals surface area (Å²) in [6, 6.07) is -1.02. The molecule has 11 heteroatoms. The number of carbonyl (C=O) groups is 5. The highest BCUT2D eigenvalue weighted by molar-refractivity contribution is 7.35. The molecule has 0 aliphatic carbocycles. The third-order valence-corrected chi connectivity index (χ3v) is 3.78. The summed E-state index contributed by atoms with van der Waals surface area (Å²) in [7, 11) is 2.50. The zero-order valence-electron chi connectivity index (χ0n) is 13.1. The van der Waals surface area contributed by atoms with E-state index in [1.54, 1.807) is 6.66 Å². The first-order valence-electron chi connectivity index (χ1n) is 7.15. The van der Waals surface area contributed by atoms with E-state index in [1.807, 2.05) is 0 Å². The normalized spacial score (nSPS) is 15.0. The molecule has 0 aromatic carbocycles. The molecule has 0 aromatic heterocycles. The average Bonchev–Trinajstić information content (AvgIpc) is 2.83. The lowest BCUT2D eigenvalue weighted by Gasteiger charge is -2.19. The number of amides is 5. The van der Waals surface area contributed by atoms with E-state index in [2.05, 4.69) is 25.0 Å². The van der Waals surface area contributed by atoms with Gasteiger partial charge in [0.2, 0.25) is 17.7 Å². The van der Waals surface area contributed by atoms with Crippen LogP contribution >= 0.6 is 18.0 Å². The van der Waals surface area contributed by atoms with Crippen molar-refractivity contribution in [3.05, 3.63) is 12.2 Å². The van der Waals surface area contributed by atoms with Crippen LogP contribution in [-0.4, -0.2) is 60.0 Å². The fraction of sp³-hybridized carbons (Fsp3) is 0.462. The van der Waals surface area contributed by atoms with E-state index in [0.717, 1.165) is 17.1 Å². The van der Waals surface area contributed by atoms with Crippen LogP contribution in [0.3, 0.4) is 0 Å². The molecule has 3 unspecified atom stereocenters. The van der Waals surface area contributed by atoms with Gasteiger partial charge in [-0.25, -0.2) is 0 Å². The van der Waals surface area contributed by atoms with Crippen LogP contribution in [0.1, 0.15) is 12.8 Å². The van der Waals surface area contributed by atoms with Crippen molar-refractivity contribution in [2.24, 2.45) is 0 Å². The number of rotatable bonds is 9. The van der Waals surface area contributed by atoms with Gasteiger partial charge in [-0.15, -0.1) is 9.24 Å². The van der Waals surface area contributed by atoms with Crippen LogP contribution in [0.2, 0.25) is 0 Å². The summed E-state index contributed by atoms with van der Waals surface area (Å²) in [5.74, 6) is -2.32. The molecule has 132 valence electrons. The topological polar surface area (TPSA) is 125 Å². The predicted molar refractivity (Wildman–Crippen MR) is 92.1 cm³/mol. The Bertz CT molecular complexity index is 549. The first-order valence-corrected chi connectivity index (χ1v) is 9.47. The van der Waals surface area contributed by atoms with Crippen molar-refractivity contribution in [3.8, 4) is 0 Å². The molecule has 0 bridgehead atoms. The lowest BCUT2D eigenvalue weighted by atomic mass is 10.1. The van der Waals surface area contributed by atoms with Gasteiger partial charge < -0.3 is 15.7 Å². The number of carbonyl (C=O) groups excluding carboxylic acids is 5. The molecule has 0 spiro atoms. The van der Waals surface area contributed by atoms with Gasteiger partial charge in [0.25, 0.3) is 11.8 Å². The summed E-state index contributed by atoms with van der Waals surface area (Å²) in [5.41, 5.74) is 0. The standard InChI is InChI=1S/C13H20N4O5P2/c1-24-16-10(19)6-8(13(22)14-7-23)15-9(18)4-5-17-11(20)2-3-12(17)21/h2-3,8,24H,4-7,23H2,1H3,(H,14,22)(H,15,18)(H,16,19). The molecular weight excluding hydrogens is 354 g/mol. The summed E-state index contributed by atoms with van der Waals surface area (Å²) in [6.45, 7) is 1.68. The Balaban J connectivity index is 2.56. The molecule has 0 saturated heterocycles. The number of hydrogen-bond donors (Lipinski definition) is 3. The van der Waals surface area contributed by atoms with Crippen LogP contribution in [-0.2, 0) is 24.0 Å². The highest BCUT2D eigenvalue weighted by atomic mass is 31.1. The van der Waals surface area contributed by atoms with Gasteiger partial charge in [0, 0.05) is 31.4 Å². The number of imide groups is 1. The van der Waals surface area contributed by atoms with E-state index in [0.29, 0.717) is 0 Å². The number of hydrogen-bond acceptors (Lipinski definition) is 5. The summed E-state index contributed by atoms with van der Waals surface area (Å²) in [4.78, 5) is 59.3. The van der Waals surface area contributed by atoms with E-state index in [-0.39, 0.29) is 40.3 Å². The maximum Gasteiger partial charge on any atom is 0.253 e. The molecule has 24 heavy (non-hydrogen) atoms. The molecule has 0 fully saturated rings. The SMILES string of the molecule is CPNC(=O)CC(NC(=O)CCN1C(=O)C=CC1=O)C(=O)NCP. The van der Waals surface area contributed by atoms with Crippen LogP contribution in [0.4, 0.5) is 0 Å². The molecule has 0 aromatic rings. The Kier molecular flexibility index (Phi) is 8.50. The van der Waals surface area contributed by atoms with Crippen LogP contribution in [0, 0.1) is 0 Å². The molecule has 3 atom stereocenters. The molecular formula is C13H20N4O5P2. The quantitative estimate of drug-likeness (QED) is 0.333. The monoisotopic (exact) mass is 374 g/mol. The Morgan fingerprint density at radius 1 is 1.21 bits per heavy atom. The summed E-state index contributed by atoms with van der Waals surface area (Å²) < 4.78 is 0. The van der Waals surface area contributed by atoms with E-state index in [9.17, 15) is 24.0 Å². The largest absolute Gasteiger partial charge is 0.351 e. The van der Waals surface area contributed by atoms with E-state index >= 15 is 0 Å². The number of nitrogens with zero attached hydrogens (tertiary/aromatic N) is 1. The highest BCUT2D eigenvalue weighted by Crippen LogP contribution is 2.05. The lowest BCUT2D eigenvalue weighted by molar-refractivity contribution is -0.137. The van der Waals surface area contributed by atoms with Crippen molar-refractivity contribution in [2.45, 2.75) is 18.9 Å². The fourth-order valence-corrected chi connectivity index (χ4v) is 2.52. The highest BCUT2D eigenvalue weighted by Gasteiger charge is 2.26. The molecule has 1 rings (SSSR count). The minimum atomic E-state index is -1.02. The Morgan fingerprint density at radius 2 is 1.83 bits per heavy atom. The molecule has 5 amide bonds. The van der Waals surface area contributed by atoms with Gasteiger partial charge >= 0.3 is 0 Å².